The van der Waals surface area contributed by atoms with Gasteiger partial charge < -0.3 is 9.88 Å². The van der Waals surface area contributed by atoms with Gasteiger partial charge in [0.15, 0.2) is 11.0 Å². The molecule has 0 aliphatic carbocycles. The fourth-order valence-electron chi connectivity index (χ4n) is 2.26. The molecule has 128 valence electrons. The van der Waals surface area contributed by atoms with E-state index in [9.17, 15) is 4.79 Å². The summed E-state index contributed by atoms with van der Waals surface area (Å²) in [5.74, 6) is 0.679. The van der Waals surface area contributed by atoms with Crippen molar-refractivity contribution in [2.24, 2.45) is 7.05 Å². The Kier molecular flexibility index (Phi) is 5.14. The predicted molar refractivity (Wildman–Crippen MR) is 99.4 cm³/mol. The number of rotatable bonds is 5. The van der Waals surface area contributed by atoms with Gasteiger partial charge in [0.05, 0.1) is 5.25 Å². The lowest BCUT2D eigenvalue weighted by atomic mass is 10.2. The van der Waals surface area contributed by atoms with Gasteiger partial charge >= 0.3 is 0 Å². The van der Waals surface area contributed by atoms with Gasteiger partial charge in [0, 0.05) is 30.7 Å². The predicted octanol–water partition coefficient (Wildman–Crippen LogP) is 3.30. The van der Waals surface area contributed by atoms with Crippen LogP contribution in [-0.4, -0.2) is 30.9 Å². The Morgan fingerprint density at radius 3 is 2.48 bits per heavy atom. The van der Waals surface area contributed by atoms with Crippen molar-refractivity contribution in [3.05, 3.63) is 54.4 Å². The van der Waals surface area contributed by atoms with Gasteiger partial charge in [-0.1, -0.05) is 29.5 Å². The third-order valence-electron chi connectivity index (χ3n) is 3.74. The second-order valence-electron chi connectivity index (χ2n) is 5.72. The standard InChI is InChI=1S/C18H19N5OS/c1-12-4-6-15(7-5-12)20-17(24)13(2)25-18-22-21-16(23(18)3)14-8-10-19-11-9-14/h4-11,13H,1-3H3,(H,20,24)/t13-/m0/s1. The smallest absolute Gasteiger partial charge is 0.237 e. The number of hydrogen-bond donors (Lipinski definition) is 1. The van der Waals surface area contributed by atoms with Gasteiger partial charge in [0.25, 0.3) is 0 Å². The number of thioether (sulfide) groups is 1. The highest BCUT2D eigenvalue weighted by molar-refractivity contribution is 8.00. The number of nitrogens with one attached hydrogen (secondary N) is 1. The van der Waals surface area contributed by atoms with Crippen LogP contribution in [0, 0.1) is 6.92 Å². The third-order valence-corrected chi connectivity index (χ3v) is 4.88. The van der Waals surface area contributed by atoms with Crippen molar-refractivity contribution in [1.82, 2.24) is 19.7 Å². The van der Waals surface area contributed by atoms with Crippen molar-refractivity contribution in [2.45, 2.75) is 24.3 Å². The van der Waals surface area contributed by atoms with Crippen LogP contribution in [0.1, 0.15) is 12.5 Å². The maximum absolute atomic E-state index is 12.4. The molecule has 0 aliphatic rings. The van der Waals surface area contributed by atoms with Crippen LogP contribution in [0.4, 0.5) is 5.69 Å². The number of aromatic nitrogens is 4. The SMILES string of the molecule is Cc1ccc(NC(=O)[C@H](C)Sc2nnc(-c3ccncc3)n2C)cc1. The molecule has 3 aromatic rings. The first-order valence-corrected chi connectivity index (χ1v) is 8.76. The molecule has 0 saturated carbocycles. The maximum Gasteiger partial charge on any atom is 0.237 e. The van der Waals surface area contributed by atoms with E-state index in [-0.39, 0.29) is 11.2 Å². The van der Waals surface area contributed by atoms with Crippen molar-refractivity contribution in [1.29, 1.82) is 0 Å². The molecule has 2 aromatic heterocycles. The quantitative estimate of drug-likeness (QED) is 0.713. The minimum absolute atomic E-state index is 0.0673. The van der Waals surface area contributed by atoms with Crippen molar-refractivity contribution in [3.63, 3.8) is 0 Å². The number of amides is 1. The lowest BCUT2D eigenvalue weighted by Gasteiger charge is -2.12. The Labute approximate surface area is 150 Å². The van der Waals surface area contributed by atoms with Gasteiger partial charge in [-0.05, 0) is 38.1 Å². The minimum atomic E-state index is -0.297. The maximum atomic E-state index is 12.4. The van der Waals surface area contributed by atoms with E-state index in [2.05, 4.69) is 20.5 Å². The number of nitrogens with zero attached hydrogens (tertiary/aromatic N) is 4. The molecule has 7 heteroatoms. The van der Waals surface area contributed by atoms with Gasteiger partial charge in [-0.2, -0.15) is 0 Å². The van der Waals surface area contributed by atoms with Gasteiger partial charge in [0.2, 0.25) is 5.91 Å². The summed E-state index contributed by atoms with van der Waals surface area (Å²) in [5.41, 5.74) is 2.88. The second kappa shape index (κ2) is 7.48. The molecular formula is C18H19N5OS. The van der Waals surface area contributed by atoms with Gasteiger partial charge in [0.1, 0.15) is 0 Å². The lowest BCUT2D eigenvalue weighted by Crippen LogP contribution is -2.22. The van der Waals surface area contributed by atoms with Crippen molar-refractivity contribution in [3.8, 4) is 11.4 Å². The topological polar surface area (TPSA) is 72.7 Å². The molecule has 0 radical (unpaired) electrons. The zero-order valence-corrected chi connectivity index (χ0v) is 15.1. The van der Waals surface area contributed by atoms with Crippen molar-refractivity contribution >= 4 is 23.4 Å². The average molecular weight is 353 g/mol. The van der Waals surface area contributed by atoms with E-state index in [1.165, 1.54) is 11.8 Å². The Bertz CT molecular complexity index is 861. The summed E-state index contributed by atoms with van der Waals surface area (Å²) in [4.78, 5) is 16.4. The monoisotopic (exact) mass is 353 g/mol. The Morgan fingerprint density at radius 1 is 1.12 bits per heavy atom. The van der Waals surface area contributed by atoms with Crippen molar-refractivity contribution in [2.75, 3.05) is 5.32 Å². The van der Waals surface area contributed by atoms with Crippen LogP contribution >= 0.6 is 11.8 Å². The van der Waals surface area contributed by atoms with Crippen LogP contribution in [0.2, 0.25) is 0 Å². The van der Waals surface area contributed by atoms with E-state index in [1.807, 2.05) is 61.9 Å². The van der Waals surface area contributed by atoms with E-state index in [0.717, 1.165) is 22.6 Å². The van der Waals surface area contributed by atoms with Gasteiger partial charge in [-0.3, -0.25) is 9.78 Å². The zero-order valence-electron chi connectivity index (χ0n) is 14.3. The first-order valence-electron chi connectivity index (χ1n) is 7.88. The van der Waals surface area contributed by atoms with Crippen LogP contribution in [-0.2, 0) is 11.8 Å². The van der Waals surface area contributed by atoms with Crippen molar-refractivity contribution < 1.29 is 4.79 Å². The molecule has 1 aromatic carbocycles. The molecule has 0 aliphatic heterocycles. The second-order valence-corrected chi connectivity index (χ2v) is 7.02. The first-order chi connectivity index (χ1) is 12.0. The molecule has 0 spiro atoms. The fraction of sp³-hybridized carbons (Fsp3) is 0.222. The molecule has 0 bridgehead atoms. The normalized spacial score (nSPS) is 12.0. The molecule has 1 atom stereocenters. The van der Waals surface area contributed by atoms with E-state index < -0.39 is 0 Å². The highest BCUT2D eigenvalue weighted by Crippen LogP contribution is 2.26. The van der Waals surface area contributed by atoms with Crippen LogP contribution in [0.3, 0.4) is 0 Å². The summed E-state index contributed by atoms with van der Waals surface area (Å²) >= 11 is 1.38. The molecule has 0 fully saturated rings. The summed E-state index contributed by atoms with van der Waals surface area (Å²) in [6, 6.07) is 11.5. The summed E-state index contributed by atoms with van der Waals surface area (Å²) in [6.07, 6.45) is 3.43. The number of carbonyl (C=O) groups excluding carboxylic acids is 1. The van der Waals surface area contributed by atoms with E-state index in [4.69, 9.17) is 0 Å². The highest BCUT2D eigenvalue weighted by atomic mass is 32.2. The minimum Gasteiger partial charge on any atom is -0.325 e. The van der Waals surface area contributed by atoms with E-state index in [1.54, 1.807) is 12.4 Å². The van der Waals surface area contributed by atoms with Gasteiger partial charge in [-0.25, -0.2) is 0 Å². The van der Waals surface area contributed by atoms with E-state index >= 15 is 0 Å². The molecule has 1 amide bonds. The van der Waals surface area contributed by atoms with Crippen LogP contribution in [0.15, 0.2) is 53.9 Å². The van der Waals surface area contributed by atoms with E-state index in [0.29, 0.717) is 5.16 Å². The molecule has 25 heavy (non-hydrogen) atoms. The van der Waals surface area contributed by atoms with Gasteiger partial charge in [-0.15, -0.1) is 10.2 Å². The van der Waals surface area contributed by atoms with Crippen LogP contribution in [0.5, 0.6) is 0 Å². The van der Waals surface area contributed by atoms with Crippen LogP contribution in [0.25, 0.3) is 11.4 Å². The largest absolute Gasteiger partial charge is 0.325 e. The molecule has 2 heterocycles. The number of benzene rings is 1. The number of anilines is 1. The number of pyridine rings is 1. The fourth-order valence-corrected chi connectivity index (χ4v) is 3.08. The molecule has 6 nitrogen and oxygen atoms in total. The summed E-state index contributed by atoms with van der Waals surface area (Å²) in [7, 11) is 1.89. The summed E-state index contributed by atoms with van der Waals surface area (Å²) in [6.45, 7) is 3.87. The Hall–Kier alpha value is -2.67. The molecule has 3 rings (SSSR count). The Morgan fingerprint density at radius 2 is 1.80 bits per heavy atom. The average Bonchev–Trinajstić information content (AvgIpc) is 2.98. The molecular weight excluding hydrogens is 334 g/mol. The summed E-state index contributed by atoms with van der Waals surface area (Å²) < 4.78 is 1.88. The third kappa shape index (κ3) is 4.06. The summed E-state index contributed by atoms with van der Waals surface area (Å²) in [5, 5.41) is 11.8. The number of hydrogen-bond acceptors (Lipinski definition) is 5. The lowest BCUT2D eigenvalue weighted by molar-refractivity contribution is -0.115. The highest BCUT2D eigenvalue weighted by Gasteiger charge is 2.19. The Balaban J connectivity index is 1.68. The molecule has 1 N–H and O–H groups in total. The number of aryl methyl sites for hydroxylation is 1. The van der Waals surface area contributed by atoms with Crippen LogP contribution < -0.4 is 5.32 Å². The molecule has 0 saturated heterocycles. The first kappa shape index (κ1) is 17.2. The molecule has 0 unspecified atom stereocenters. The zero-order chi connectivity index (χ0) is 17.8. The number of carbonyl (C=O) groups is 1.